The van der Waals surface area contributed by atoms with E-state index in [1.165, 1.54) is 12.1 Å². The maximum absolute atomic E-state index is 14.3. The number of hydrogen-bond acceptors (Lipinski definition) is 5. The summed E-state index contributed by atoms with van der Waals surface area (Å²) < 4.78 is 19.5. The predicted octanol–water partition coefficient (Wildman–Crippen LogP) is 5.88. The molecule has 0 bridgehead atoms. The van der Waals surface area contributed by atoms with Gasteiger partial charge in [-0.1, -0.05) is 54.1 Å². The molecule has 0 aliphatic rings. The van der Waals surface area contributed by atoms with E-state index in [0.29, 0.717) is 11.4 Å². The molecule has 3 rings (SSSR count). The molecule has 3 aromatic rings. The van der Waals surface area contributed by atoms with Crippen LogP contribution in [0.15, 0.2) is 83.4 Å². The minimum absolute atomic E-state index is 0.119. The Morgan fingerprint density at radius 2 is 1.88 bits per heavy atom. The van der Waals surface area contributed by atoms with Crippen molar-refractivity contribution in [1.29, 1.82) is 5.26 Å². The lowest BCUT2D eigenvalue weighted by atomic mass is 10.2. The number of nitrogens with zero attached hydrogens (tertiary/aromatic N) is 1. The van der Waals surface area contributed by atoms with Gasteiger partial charge in [-0.25, -0.2) is 4.39 Å². The standard InChI is InChI=1S/C25H21ClFN3O2S/c1-32-19-10-5-9-18(13-19)30-25(33-16-21-22(26)11-6-12-23(21)27)20(14-28)24(31)29-15-17-7-3-2-4-8-17/h2-13,30H,15-16H2,1H3,(H,29,31)/b25-20+. The first-order valence-electron chi connectivity index (χ1n) is 9.95. The van der Waals surface area contributed by atoms with Crippen LogP contribution in [0.4, 0.5) is 10.1 Å². The molecule has 8 heteroatoms. The van der Waals surface area contributed by atoms with Gasteiger partial charge in [0.25, 0.3) is 5.91 Å². The number of carbonyl (C=O) groups is 1. The highest BCUT2D eigenvalue weighted by molar-refractivity contribution is 8.02. The summed E-state index contributed by atoms with van der Waals surface area (Å²) in [6.07, 6.45) is 0. The number of amides is 1. The highest BCUT2D eigenvalue weighted by Crippen LogP contribution is 2.31. The van der Waals surface area contributed by atoms with Crippen molar-refractivity contribution in [2.45, 2.75) is 12.3 Å². The first kappa shape index (κ1) is 24.2. The summed E-state index contributed by atoms with van der Waals surface area (Å²) in [5.41, 5.74) is 1.68. The Kier molecular flexibility index (Phi) is 8.76. The van der Waals surface area contributed by atoms with Gasteiger partial charge in [0.1, 0.15) is 23.2 Å². The Hall–Kier alpha value is -3.47. The van der Waals surface area contributed by atoms with E-state index in [0.717, 1.165) is 17.3 Å². The van der Waals surface area contributed by atoms with Crippen molar-refractivity contribution in [3.05, 3.63) is 105 Å². The minimum Gasteiger partial charge on any atom is -0.497 e. The number of rotatable bonds is 9. The molecule has 0 spiro atoms. The lowest BCUT2D eigenvalue weighted by Gasteiger charge is -2.15. The van der Waals surface area contributed by atoms with Gasteiger partial charge in [0.05, 0.1) is 12.1 Å². The number of nitrogens with one attached hydrogen (secondary N) is 2. The van der Waals surface area contributed by atoms with E-state index in [-0.39, 0.29) is 33.5 Å². The Bertz CT molecular complexity index is 1180. The Balaban J connectivity index is 1.89. The van der Waals surface area contributed by atoms with Gasteiger partial charge >= 0.3 is 0 Å². The number of hydrogen-bond donors (Lipinski definition) is 2. The molecular weight excluding hydrogens is 461 g/mol. The number of nitriles is 1. The molecule has 0 radical (unpaired) electrons. The van der Waals surface area contributed by atoms with Crippen LogP contribution in [0.5, 0.6) is 5.75 Å². The van der Waals surface area contributed by atoms with Crippen LogP contribution in [0.25, 0.3) is 0 Å². The third-order valence-corrected chi connectivity index (χ3v) is 5.99. The first-order chi connectivity index (χ1) is 16.0. The quantitative estimate of drug-likeness (QED) is 0.294. The lowest BCUT2D eigenvalue weighted by Crippen LogP contribution is -2.25. The van der Waals surface area contributed by atoms with E-state index in [2.05, 4.69) is 10.6 Å². The van der Waals surface area contributed by atoms with Crippen LogP contribution in [0.1, 0.15) is 11.1 Å². The van der Waals surface area contributed by atoms with E-state index in [4.69, 9.17) is 16.3 Å². The van der Waals surface area contributed by atoms with E-state index in [1.807, 2.05) is 36.4 Å². The monoisotopic (exact) mass is 481 g/mol. The van der Waals surface area contributed by atoms with Crippen molar-refractivity contribution in [3.8, 4) is 11.8 Å². The summed E-state index contributed by atoms with van der Waals surface area (Å²) in [6.45, 7) is 0.265. The molecule has 3 aromatic carbocycles. The highest BCUT2D eigenvalue weighted by atomic mass is 35.5. The van der Waals surface area contributed by atoms with Crippen molar-refractivity contribution in [3.63, 3.8) is 0 Å². The highest BCUT2D eigenvalue weighted by Gasteiger charge is 2.18. The molecule has 2 N–H and O–H groups in total. The molecule has 0 saturated heterocycles. The maximum atomic E-state index is 14.3. The predicted molar refractivity (Wildman–Crippen MR) is 130 cm³/mol. The zero-order chi connectivity index (χ0) is 23.6. The number of carbonyl (C=O) groups excluding carboxylic acids is 1. The van der Waals surface area contributed by atoms with Crippen LogP contribution in [0, 0.1) is 17.1 Å². The summed E-state index contributed by atoms with van der Waals surface area (Å²) in [7, 11) is 1.54. The van der Waals surface area contributed by atoms with Gasteiger partial charge in [-0.05, 0) is 29.8 Å². The van der Waals surface area contributed by atoms with Gasteiger partial charge in [0, 0.05) is 34.6 Å². The van der Waals surface area contributed by atoms with Gasteiger partial charge in [-0.15, -0.1) is 11.8 Å². The van der Waals surface area contributed by atoms with Crippen LogP contribution < -0.4 is 15.4 Å². The Morgan fingerprint density at radius 3 is 2.58 bits per heavy atom. The molecule has 1 amide bonds. The second kappa shape index (κ2) is 12.0. The summed E-state index contributed by atoms with van der Waals surface area (Å²) in [6, 6.07) is 22.8. The van der Waals surface area contributed by atoms with Crippen LogP contribution >= 0.6 is 23.4 Å². The van der Waals surface area contributed by atoms with Gasteiger partial charge in [-0.3, -0.25) is 4.79 Å². The van der Waals surface area contributed by atoms with Gasteiger partial charge < -0.3 is 15.4 Å². The second-order valence-electron chi connectivity index (χ2n) is 6.83. The largest absolute Gasteiger partial charge is 0.497 e. The summed E-state index contributed by atoms with van der Waals surface area (Å²) in [5.74, 6) is -0.273. The van der Waals surface area contributed by atoms with Gasteiger partial charge in [-0.2, -0.15) is 5.26 Å². The number of thioether (sulfide) groups is 1. The molecule has 0 heterocycles. The molecule has 0 aromatic heterocycles. The maximum Gasteiger partial charge on any atom is 0.264 e. The fourth-order valence-electron chi connectivity index (χ4n) is 2.89. The Labute approximate surface area is 201 Å². The number of methoxy groups -OCH3 is 1. The van der Waals surface area contributed by atoms with Crippen molar-refractivity contribution in [2.24, 2.45) is 0 Å². The molecule has 33 heavy (non-hydrogen) atoms. The molecule has 168 valence electrons. The van der Waals surface area contributed by atoms with E-state index in [9.17, 15) is 14.4 Å². The number of benzene rings is 3. The van der Waals surface area contributed by atoms with Gasteiger partial charge in [0.15, 0.2) is 0 Å². The molecule has 0 aliphatic heterocycles. The SMILES string of the molecule is COc1cccc(N/C(SCc2c(F)cccc2Cl)=C(/C#N)C(=O)NCc2ccccc2)c1. The topological polar surface area (TPSA) is 74.1 Å². The van der Waals surface area contributed by atoms with Crippen molar-refractivity contribution < 1.29 is 13.9 Å². The second-order valence-corrected chi connectivity index (χ2v) is 8.22. The van der Waals surface area contributed by atoms with Crippen LogP contribution in [0.3, 0.4) is 0 Å². The minimum atomic E-state index is -0.543. The van der Waals surface area contributed by atoms with Crippen LogP contribution in [-0.2, 0) is 17.1 Å². The summed E-state index contributed by atoms with van der Waals surface area (Å²) in [5, 5.41) is 16.2. The van der Waals surface area contributed by atoms with Crippen LogP contribution in [-0.4, -0.2) is 13.0 Å². The average Bonchev–Trinajstić information content (AvgIpc) is 2.83. The average molecular weight is 482 g/mol. The fourth-order valence-corrected chi connectivity index (χ4v) is 4.25. The number of anilines is 1. The van der Waals surface area contributed by atoms with E-state index in [1.54, 1.807) is 37.4 Å². The van der Waals surface area contributed by atoms with Crippen molar-refractivity contribution >= 4 is 35.0 Å². The van der Waals surface area contributed by atoms with E-state index >= 15 is 0 Å². The molecular formula is C25H21ClFN3O2S. The van der Waals surface area contributed by atoms with E-state index < -0.39 is 11.7 Å². The van der Waals surface area contributed by atoms with Crippen molar-refractivity contribution in [2.75, 3.05) is 12.4 Å². The third kappa shape index (κ3) is 6.75. The number of halogens is 2. The molecule has 0 unspecified atom stereocenters. The van der Waals surface area contributed by atoms with Crippen molar-refractivity contribution in [1.82, 2.24) is 5.32 Å². The molecule has 0 fully saturated rings. The number of ether oxygens (including phenoxy) is 1. The lowest BCUT2D eigenvalue weighted by molar-refractivity contribution is -0.117. The molecule has 0 atom stereocenters. The summed E-state index contributed by atoms with van der Waals surface area (Å²) >= 11 is 7.27. The fraction of sp³-hybridized carbons (Fsp3) is 0.120. The van der Waals surface area contributed by atoms with Gasteiger partial charge in [0.2, 0.25) is 0 Å². The molecule has 0 aliphatic carbocycles. The first-order valence-corrected chi connectivity index (χ1v) is 11.3. The molecule has 5 nitrogen and oxygen atoms in total. The van der Waals surface area contributed by atoms with Crippen LogP contribution in [0.2, 0.25) is 5.02 Å². The third-order valence-electron chi connectivity index (χ3n) is 4.61. The Morgan fingerprint density at radius 1 is 1.12 bits per heavy atom. The zero-order valence-corrected chi connectivity index (χ0v) is 19.3. The normalized spacial score (nSPS) is 11.2. The molecule has 0 saturated carbocycles. The zero-order valence-electron chi connectivity index (χ0n) is 17.8. The summed E-state index contributed by atoms with van der Waals surface area (Å²) in [4.78, 5) is 12.9. The smallest absolute Gasteiger partial charge is 0.264 e.